The number of rotatable bonds is 5. The van der Waals surface area contributed by atoms with Gasteiger partial charge < -0.3 is 15.5 Å². The first kappa shape index (κ1) is 16.2. The molecule has 0 saturated carbocycles. The highest BCUT2D eigenvalue weighted by Gasteiger charge is 2.12. The first-order valence-corrected chi connectivity index (χ1v) is 8.39. The third kappa shape index (κ3) is 4.01. The molecule has 3 rings (SSSR count). The van der Waals surface area contributed by atoms with Crippen LogP contribution in [0.4, 0.5) is 11.6 Å². The molecule has 1 amide bonds. The number of amides is 1. The van der Waals surface area contributed by atoms with Crippen molar-refractivity contribution in [3.8, 4) is 0 Å². The lowest BCUT2D eigenvalue weighted by Gasteiger charge is -2.27. The van der Waals surface area contributed by atoms with Crippen LogP contribution in [0.2, 0.25) is 0 Å². The Morgan fingerprint density at radius 2 is 2.04 bits per heavy atom. The minimum atomic E-state index is -0.185. The first-order chi connectivity index (χ1) is 11.8. The Hall–Kier alpha value is -2.63. The second kappa shape index (κ2) is 7.77. The summed E-state index contributed by atoms with van der Waals surface area (Å²) in [4.78, 5) is 22.8. The second-order valence-electron chi connectivity index (χ2n) is 5.91. The predicted molar refractivity (Wildman–Crippen MR) is 95.3 cm³/mol. The molecule has 2 N–H and O–H groups in total. The maximum Gasteiger partial charge on any atom is 0.269 e. The van der Waals surface area contributed by atoms with Gasteiger partial charge in [0.1, 0.15) is 17.3 Å². The van der Waals surface area contributed by atoms with Gasteiger partial charge in [-0.25, -0.2) is 9.97 Å². The topological polar surface area (TPSA) is 70.2 Å². The minimum absolute atomic E-state index is 0.185. The molecule has 126 valence electrons. The van der Waals surface area contributed by atoms with Gasteiger partial charge in [-0.1, -0.05) is 6.07 Å². The van der Waals surface area contributed by atoms with Gasteiger partial charge in [0.15, 0.2) is 0 Å². The largest absolute Gasteiger partial charge is 0.366 e. The molecule has 1 saturated heterocycles. The van der Waals surface area contributed by atoms with Gasteiger partial charge in [-0.2, -0.15) is 0 Å². The number of hydrogen-bond acceptors (Lipinski definition) is 5. The van der Waals surface area contributed by atoms with Crippen molar-refractivity contribution in [2.75, 3.05) is 30.4 Å². The van der Waals surface area contributed by atoms with Crippen LogP contribution in [-0.4, -0.2) is 36.0 Å². The summed E-state index contributed by atoms with van der Waals surface area (Å²) < 4.78 is 0. The molecule has 0 aliphatic carbocycles. The van der Waals surface area contributed by atoms with Gasteiger partial charge in [-0.05, 0) is 49.1 Å². The number of nitrogens with zero attached hydrogens (tertiary/aromatic N) is 3. The van der Waals surface area contributed by atoms with Crippen molar-refractivity contribution in [2.45, 2.75) is 25.8 Å². The summed E-state index contributed by atoms with van der Waals surface area (Å²) in [5.41, 5.74) is 1.56. The molecule has 1 aliphatic rings. The van der Waals surface area contributed by atoms with Crippen LogP contribution in [0.25, 0.3) is 0 Å². The predicted octanol–water partition coefficient (Wildman–Crippen LogP) is 2.44. The standard InChI is InChI=1S/C18H23N5O/c1-19-18(24)15-6-5-7-16(22-15)21-13-14-8-9-20-17(12-14)23-10-3-2-4-11-23/h5-9,12H,2-4,10-11,13H2,1H3,(H,19,24)(H,21,22). The fourth-order valence-electron chi connectivity index (χ4n) is 2.85. The van der Waals surface area contributed by atoms with Crippen LogP contribution in [0.15, 0.2) is 36.5 Å². The lowest BCUT2D eigenvalue weighted by Crippen LogP contribution is -2.30. The average Bonchev–Trinajstić information content (AvgIpc) is 2.67. The summed E-state index contributed by atoms with van der Waals surface area (Å²) in [5.74, 6) is 1.54. The monoisotopic (exact) mass is 325 g/mol. The van der Waals surface area contributed by atoms with Crippen molar-refractivity contribution < 1.29 is 4.79 Å². The van der Waals surface area contributed by atoms with Crippen LogP contribution >= 0.6 is 0 Å². The van der Waals surface area contributed by atoms with E-state index < -0.39 is 0 Å². The van der Waals surface area contributed by atoms with Crippen LogP contribution in [0, 0.1) is 0 Å². The highest BCUT2D eigenvalue weighted by Crippen LogP contribution is 2.19. The van der Waals surface area contributed by atoms with Crippen molar-refractivity contribution in [3.05, 3.63) is 47.8 Å². The van der Waals surface area contributed by atoms with E-state index in [0.717, 1.165) is 24.5 Å². The van der Waals surface area contributed by atoms with Crippen LogP contribution < -0.4 is 15.5 Å². The van der Waals surface area contributed by atoms with Crippen molar-refractivity contribution in [3.63, 3.8) is 0 Å². The van der Waals surface area contributed by atoms with E-state index in [1.807, 2.05) is 24.4 Å². The summed E-state index contributed by atoms with van der Waals surface area (Å²) in [6.07, 6.45) is 5.64. The van der Waals surface area contributed by atoms with Gasteiger partial charge in [0.2, 0.25) is 0 Å². The van der Waals surface area contributed by atoms with E-state index in [0.29, 0.717) is 18.1 Å². The maximum atomic E-state index is 11.6. The van der Waals surface area contributed by atoms with E-state index in [4.69, 9.17) is 0 Å². The van der Waals surface area contributed by atoms with E-state index in [9.17, 15) is 4.79 Å². The minimum Gasteiger partial charge on any atom is -0.366 e. The van der Waals surface area contributed by atoms with E-state index in [1.54, 1.807) is 13.1 Å². The first-order valence-electron chi connectivity index (χ1n) is 8.39. The van der Waals surface area contributed by atoms with Crippen molar-refractivity contribution >= 4 is 17.5 Å². The van der Waals surface area contributed by atoms with Gasteiger partial charge in [-0.15, -0.1) is 0 Å². The smallest absolute Gasteiger partial charge is 0.269 e. The number of anilines is 2. The number of piperidine rings is 1. The molecule has 2 aromatic rings. The average molecular weight is 325 g/mol. The van der Waals surface area contributed by atoms with Gasteiger partial charge in [0.25, 0.3) is 5.91 Å². The molecule has 1 aliphatic heterocycles. The van der Waals surface area contributed by atoms with Gasteiger partial charge in [0, 0.05) is 32.9 Å². The summed E-state index contributed by atoms with van der Waals surface area (Å²) in [7, 11) is 1.60. The van der Waals surface area contributed by atoms with E-state index in [-0.39, 0.29) is 5.91 Å². The Morgan fingerprint density at radius 3 is 2.83 bits per heavy atom. The molecule has 0 spiro atoms. The van der Waals surface area contributed by atoms with E-state index >= 15 is 0 Å². The highest BCUT2D eigenvalue weighted by molar-refractivity contribution is 5.92. The molecule has 0 radical (unpaired) electrons. The molecule has 0 atom stereocenters. The number of nitrogens with one attached hydrogen (secondary N) is 2. The molecule has 1 fully saturated rings. The van der Waals surface area contributed by atoms with Crippen molar-refractivity contribution in [1.29, 1.82) is 0 Å². The lowest BCUT2D eigenvalue weighted by molar-refractivity contribution is 0.0958. The van der Waals surface area contributed by atoms with E-state index in [2.05, 4.69) is 31.6 Å². The Bertz CT molecular complexity index is 697. The normalized spacial score (nSPS) is 14.3. The number of aromatic nitrogens is 2. The molecule has 6 nitrogen and oxygen atoms in total. The van der Waals surface area contributed by atoms with Gasteiger partial charge in [-0.3, -0.25) is 4.79 Å². The van der Waals surface area contributed by atoms with Crippen LogP contribution in [-0.2, 0) is 6.54 Å². The molecule has 0 bridgehead atoms. The molecule has 24 heavy (non-hydrogen) atoms. The zero-order chi connectivity index (χ0) is 16.8. The van der Waals surface area contributed by atoms with Gasteiger partial charge in [0.05, 0.1) is 0 Å². The Labute approximate surface area is 142 Å². The Balaban J connectivity index is 1.65. The van der Waals surface area contributed by atoms with Crippen LogP contribution in [0.3, 0.4) is 0 Å². The molecule has 3 heterocycles. The third-order valence-electron chi connectivity index (χ3n) is 4.17. The summed E-state index contributed by atoms with van der Waals surface area (Å²) in [6, 6.07) is 9.51. The second-order valence-corrected chi connectivity index (χ2v) is 5.91. The lowest BCUT2D eigenvalue weighted by atomic mass is 10.1. The quantitative estimate of drug-likeness (QED) is 0.883. The fourth-order valence-corrected chi connectivity index (χ4v) is 2.85. The summed E-state index contributed by atoms with van der Waals surface area (Å²) in [5, 5.41) is 5.86. The zero-order valence-electron chi connectivity index (χ0n) is 14.0. The molecular formula is C18H23N5O. The number of hydrogen-bond donors (Lipinski definition) is 2. The van der Waals surface area contributed by atoms with Gasteiger partial charge >= 0.3 is 0 Å². The Kier molecular flexibility index (Phi) is 5.25. The zero-order valence-corrected chi connectivity index (χ0v) is 14.0. The Morgan fingerprint density at radius 1 is 1.21 bits per heavy atom. The number of carbonyl (C=O) groups is 1. The third-order valence-corrected chi connectivity index (χ3v) is 4.17. The van der Waals surface area contributed by atoms with Crippen molar-refractivity contribution in [1.82, 2.24) is 15.3 Å². The van der Waals surface area contributed by atoms with Crippen LogP contribution in [0.1, 0.15) is 35.3 Å². The fraction of sp³-hybridized carbons (Fsp3) is 0.389. The summed E-state index contributed by atoms with van der Waals surface area (Å²) >= 11 is 0. The summed E-state index contributed by atoms with van der Waals surface area (Å²) in [6.45, 7) is 2.81. The van der Waals surface area contributed by atoms with E-state index in [1.165, 1.54) is 19.3 Å². The molecular weight excluding hydrogens is 302 g/mol. The highest BCUT2D eigenvalue weighted by atomic mass is 16.1. The van der Waals surface area contributed by atoms with Crippen molar-refractivity contribution in [2.24, 2.45) is 0 Å². The number of pyridine rings is 2. The molecule has 0 aromatic carbocycles. The molecule has 0 unspecified atom stereocenters. The SMILES string of the molecule is CNC(=O)c1cccc(NCc2ccnc(N3CCCCC3)c2)n1. The number of carbonyl (C=O) groups excluding carboxylic acids is 1. The molecule has 6 heteroatoms. The van der Waals surface area contributed by atoms with Crippen LogP contribution in [0.5, 0.6) is 0 Å². The molecule has 2 aromatic heterocycles. The maximum absolute atomic E-state index is 11.6.